The first-order valence-electron chi connectivity index (χ1n) is 10.8. The quantitative estimate of drug-likeness (QED) is 0.358. The van der Waals surface area contributed by atoms with Gasteiger partial charge in [0.25, 0.3) is 0 Å². The van der Waals surface area contributed by atoms with Gasteiger partial charge in [0.2, 0.25) is 0 Å². The number of anilines is 2. The van der Waals surface area contributed by atoms with Crippen LogP contribution in [0.3, 0.4) is 0 Å². The summed E-state index contributed by atoms with van der Waals surface area (Å²) < 4.78 is 1.58. The average molecular weight is 446 g/mol. The molecule has 1 atom stereocenters. The van der Waals surface area contributed by atoms with Crippen LogP contribution in [0.25, 0.3) is 23.5 Å². The van der Waals surface area contributed by atoms with Crippen molar-refractivity contribution in [2.45, 2.75) is 12.5 Å². The molecule has 3 heterocycles. The first kappa shape index (κ1) is 21.0. The summed E-state index contributed by atoms with van der Waals surface area (Å²) in [7, 11) is 0. The van der Waals surface area contributed by atoms with Gasteiger partial charge >= 0.3 is 11.7 Å². The zero-order valence-electron chi connectivity index (χ0n) is 18.2. The molecule has 0 saturated heterocycles. The maximum atomic E-state index is 13.4. The number of carbonyl (C=O) groups excluding carboxylic acids is 1. The average Bonchev–Trinajstić information content (AvgIpc) is 3.19. The summed E-state index contributed by atoms with van der Waals surface area (Å²) in [5.74, 6) is 0.449. The number of hydrogen-bond acceptors (Lipinski definition) is 6. The van der Waals surface area contributed by atoms with Crippen LogP contribution in [0.1, 0.15) is 27.2 Å². The molecule has 7 heteroatoms. The fourth-order valence-electron chi connectivity index (χ4n) is 3.93. The van der Waals surface area contributed by atoms with Crippen molar-refractivity contribution in [1.29, 1.82) is 5.26 Å². The molecule has 4 aromatic rings. The van der Waals surface area contributed by atoms with Crippen molar-refractivity contribution in [3.05, 3.63) is 102 Å². The van der Waals surface area contributed by atoms with Crippen LogP contribution in [0.5, 0.6) is 0 Å². The fraction of sp³-hybridized carbons (Fsp3) is 0.0741. The maximum absolute atomic E-state index is 13.4. The largest absolute Gasteiger partial charge is 0.399 e. The van der Waals surface area contributed by atoms with Gasteiger partial charge in [0.15, 0.2) is 11.7 Å². The summed E-state index contributed by atoms with van der Waals surface area (Å²) in [6, 6.07) is 22.4. The van der Waals surface area contributed by atoms with Crippen molar-refractivity contribution >= 4 is 29.6 Å². The molecular formula is C27H21N6O+. The van der Waals surface area contributed by atoms with Crippen LogP contribution in [0.15, 0.2) is 79.1 Å². The van der Waals surface area contributed by atoms with Gasteiger partial charge in [-0.25, -0.2) is 9.78 Å². The number of nitrogens with one attached hydrogen (secondary N) is 1. The summed E-state index contributed by atoms with van der Waals surface area (Å²) in [4.78, 5) is 22.5. The Labute approximate surface area is 196 Å². The van der Waals surface area contributed by atoms with E-state index in [4.69, 9.17) is 10.7 Å². The molecule has 0 spiro atoms. The molecule has 0 saturated carbocycles. The molecule has 0 bridgehead atoms. The van der Waals surface area contributed by atoms with E-state index in [9.17, 15) is 10.1 Å². The third-order valence-corrected chi connectivity index (χ3v) is 5.63. The van der Waals surface area contributed by atoms with Crippen molar-refractivity contribution in [1.82, 2.24) is 9.97 Å². The highest BCUT2D eigenvalue weighted by Crippen LogP contribution is 2.28. The molecule has 3 N–H and O–H groups in total. The molecule has 1 unspecified atom stereocenters. The lowest BCUT2D eigenvalue weighted by molar-refractivity contribution is -0.552. The Morgan fingerprint density at radius 3 is 2.59 bits per heavy atom. The third kappa shape index (κ3) is 4.12. The van der Waals surface area contributed by atoms with Crippen LogP contribution < -0.4 is 15.6 Å². The first-order chi connectivity index (χ1) is 16.6. The predicted molar refractivity (Wildman–Crippen MR) is 130 cm³/mol. The van der Waals surface area contributed by atoms with Crippen molar-refractivity contribution in [3.8, 4) is 17.5 Å². The summed E-state index contributed by atoms with van der Waals surface area (Å²) in [5.41, 5.74) is 10.3. The molecule has 1 aliphatic rings. The van der Waals surface area contributed by atoms with Gasteiger partial charge < -0.3 is 5.73 Å². The lowest BCUT2D eigenvalue weighted by Crippen LogP contribution is -2.44. The molecule has 1 aliphatic heterocycles. The zero-order valence-corrected chi connectivity index (χ0v) is 18.2. The minimum Gasteiger partial charge on any atom is -0.399 e. The smallest absolute Gasteiger partial charge is 0.359 e. The summed E-state index contributed by atoms with van der Waals surface area (Å²) in [6.45, 7) is 0. The number of rotatable bonds is 5. The third-order valence-electron chi connectivity index (χ3n) is 5.63. The predicted octanol–water partition coefficient (Wildman–Crippen LogP) is 3.73. The summed E-state index contributed by atoms with van der Waals surface area (Å²) in [6.07, 6.45) is 7.59. The Balaban J connectivity index is 1.58. The Morgan fingerprint density at radius 2 is 1.82 bits per heavy atom. The molecule has 2 aromatic heterocycles. The normalized spacial score (nSPS) is 14.6. The Bertz CT molecular complexity index is 1440. The molecule has 2 aromatic carbocycles. The van der Waals surface area contributed by atoms with Crippen molar-refractivity contribution < 1.29 is 9.36 Å². The van der Waals surface area contributed by atoms with Crippen molar-refractivity contribution in [2.75, 3.05) is 11.1 Å². The second kappa shape index (κ2) is 8.96. The minimum absolute atomic E-state index is 0.0842. The number of fused-ring (bicyclic) bond motifs is 1. The van der Waals surface area contributed by atoms with Gasteiger partial charge in [-0.05, 0) is 41.5 Å². The Morgan fingerprint density at radius 1 is 1.03 bits per heavy atom. The van der Waals surface area contributed by atoms with E-state index in [0.29, 0.717) is 40.6 Å². The molecule has 5 rings (SSSR count). The maximum Gasteiger partial charge on any atom is 0.359 e. The molecule has 0 radical (unpaired) electrons. The second-order valence-corrected chi connectivity index (χ2v) is 7.97. The molecule has 7 nitrogen and oxygen atoms in total. The number of benzene rings is 2. The van der Waals surface area contributed by atoms with Gasteiger partial charge in [0.05, 0.1) is 5.56 Å². The Hall–Kier alpha value is -4.83. The molecule has 0 fully saturated rings. The first-order valence-corrected chi connectivity index (χ1v) is 10.8. The highest BCUT2D eigenvalue weighted by Gasteiger charge is 2.41. The van der Waals surface area contributed by atoms with E-state index in [-0.39, 0.29) is 5.91 Å². The highest BCUT2D eigenvalue weighted by molar-refractivity contribution is 5.86. The van der Waals surface area contributed by atoms with Gasteiger partial charge in [-0.2, -0.15) is 9.83 Å². The van der Waals surface area contributed by atoms with Crippen LogP contribution in [0.4, 0.5) is 11.5 Å². The lowest BCUT2D eigenvalue weighted by Gasteiger charge is -2.06. The standard InChI is InChI=1S/C27H20N6O/c28-16-20-7-4-14-30-24(20)25-26-32-23(15-19-5-2-1-3-6-19)27(34)33(26)17-22(31-25)13-10-18-8-11-21(29)12-9-18/h1-14,17,23H,15,29H2/p+1. The van der Waals surface area contributed by atoms with Gasteiger partial charge in [0, 0.05) is 18.3 Å². The van der Waals surface area contributed by atoms with E-state index in [1.54, 1.807) is 29.1 Å². The van der Waals surface area contributed by atoms with Crippen molar-refractivity contribution in [2.24, 2.45) is 0 Å². The topological polar surface area (TPSA) is 109 Å². The van der Waals surface area contributed by atoms with E-state index < -0.39 is 6.04 Å². The number of nitriles is 1. The van der Waals surface area contributed by atoms with Crippen molar-refractivity contribution in [3.63, 3.8) is 0 Å². The summed E-state index contributed by atoms with van der Waals surface area (Å²) in [5, 5.41) is 13.0. The van der Waals surface area contributed by atoms with E-state index in [1.165, 1.54) is 0 Å². The van der Waals surface area contributed by atoms with Gasteiger partial charge in [-0.3, -0.25) is 10.3 Å². The van der Waals surface area contributed by atoms with Crippen LogP contribution in [-0.4, -0.2) is 21.9 Å². The number of hydrogen-bond donors (Lipinski definition) is 2. The van der Waals surface area contributed by atoms with Crippen LogP contribution >= 0.6 is 0 Å². The number of nitrogens with zero attached hydrogens (tertiary/aromatic N) is 4. The summed E-state index contributed by atoms with van der Waals surface area (Å²) >= 11 is 0. The van der Waals surface area contributed by atoms with E-state index >= 15 is 0 Å². The molecule has 164 valence electrons. The SMILES string of the molecule is N#Cc1cccnc1-c1nc(C=Cc2ccc(N)cc2)c[n+]2c1NC(Cc1ccccc1)C2=O. The van der Waals surface area contributed by atoms with E-state index in [2.05, 4.69) is 16.4 Å². The van der Waals surface area contributed by atoms with Crippen LogP contribution in [0.2, 0.25) is 0 Å². The highest BCUT2D eigenvalue weighted by atomic mass is 16.2. The molecule has 0 aliphatic carbocycles. The van der Waals surface area contributed by atoms with E-state index in [1.807, 2.05) is 66.7 Å². The number of aromatic nitrogens is 3. The zero-order chi connectivity index (χ0) is 23.5. The number of carbonyl (C=O) groups is 1. The van der Waals surface area contributed by atoms with Crippen LogP contribution in [0, 0.1) is 11.3 Å². The number of pyridine rings is 1. The van der Waals surface area contributed by atoms with E-state index in [0.717, 1.165) is 11.1 Å². The minimum atomic E-state index is -0.450. The molecule has 0 amide bonds. The molecule has 34 heavy (non-hydrogen) atoms. The second-order valence-electron chi connectivity index (χ2n) is 7.97. The number of nitrogens with two attached hydrogens (primary N) is 1. The van der Waals surface area contributed by atoms with Gasteiger partial charge in [-0.1, -0.05) is 48.5 Å². The van der Waals surface area contributed by atoms with Crippen LogP contribution in [-0.2, 0) is 6.42 Å². The lowest BCUT2D eigenvalue weighted by atomic mass is 10.1. The van der Waals surface area contributed by atoms with Gasteiger partial charge in [0.1, 0.15) is 23.7 Å². The Kier molecular flexibility index (Phi) is 5.55. The monoisotopic (exact) mass is 445 g/mol. The number of nitrogen functional groups attached to an aromatic ring is 1. The fourth-order valence-corrected chi connectivity index (χ4v) is 3.93. The molecular weight excluding hydrogens is 424 g/mol. The van der Waals surface area contributed by atoms with Gasteiger partial charge in [-0.15, -0.1) is 0 Å².